The van der Waals surface area contributed by atoms with Gasteiger partial charge in [0.25, 0.3) is 0 Å². The highest BCUT2D eigenvalue weighted by Gasteiger charge is 2.34. The van der Waals surface area contributed by atoms with Crippen LogP contribution >= 0.6 is 27.3 Å². The second kappa shape index (κ2) is 3.15. The molecule has 1 aromatic heterocycles. The fraction of sp³-hybridized carbons (Fsp3) is 0.333. The zero-order valence-electron chi connectivity index (χ0n) is 5.28. The molecule has 0 amide bonds. The first-order chi connectivity index (χ1) is 5.05. The Hall–Kier alpha value is -0.0300. The van der Waals surface area contributed by atoms with Gasteiger partial charge in [0.1, 0.15) is 4.88 Å². The van der Waals surface area contributed by atoms with Crippen LogP contribution < -0.4 is 0 Å². The first-order valence-electron chi connectivity index (χ1n) is 2.75. The minimum absolute atomic E-state index is 0.255. The number of halogens is 4. The molecule has 0 saturated heterocycles. The Labute approximate surface area is 74.2 Å². The molecule has 5 heteroatoms. The summed E-state index contributed by atoms with van der Waals surface area (Å²) in [6.45, 7) is 0. The van der Waals surface area contributed by atoms with Crippen molar-refractivity contribution >= 4 is 27.3 Å². The van der Waals surface area contributed by atoms with Gasteiger partial charge in [-0.2, -0.15) is 13.2 Å². The highest BCUT2D eigenvalue weighted by molar-refractivity contribution is 9.08. The number of hydrogen-bond acceptors (Lipinski definition) is 1. The third-order valence-electron chi connectivity index (χ3n) is 1.15. The third kappa shape index (κ3) is 1.96. The van der Waals surface area contributed by atoms with Crippen LogP contribution in [0.1, 0.15) is 10.4 Å². The Morgan fingerprint density at radius 1 is 1.45 bits per heavy atom. The SMILES string of the molecule is FC(F)(F)c1sccc1CBr. The smallest absolute Gasteiger partial charge is 0.165 e. The van der Waals surface area contributed by atoms with Crippen LogP contribution in [0.3, 0.4) is 0 Å². The van der Waals surface area contributed by atoms with Gasteiger partial charge in [0.05, 0.1) is 0 Å². The molecule has 0 radical (unpaired) electrons. The van der Waals surface area contributed by atoms with Gasteiger partial charge in [0.2, 0.25) is 0 Å². The Morgan fingerprint density at radius 2 is 2.09 bits per heavy atom. The molecule has 0 N–H and O–H groups in total. The van der Waals surface area contributed by atoms with Gasteiger partial charge in [0.15, 0.2) is 0 Å². The van der Waals surface area contributed by atoms with Crippen molar-refractivity contribution in [3.8, 4) is 0 Å². The van der Waals surface area contributed by atoms with Crippen LogP contribution in [-0.4, -0.2) is 0 Å². The van der Waals surface area contributed by atoms with E-state index in [9.17, 15) is 13.2 Å². The molecule has 0 fully saturated rings. The van der Waals surface area contributed by atoms with Crippen molar-refractivity contribution in [3.63, 3.8) is 0 Å². The van der Waals surface area contributed by atoms with E-state index in [4.69, 9.17) is 0 Å². The highest BCUT2D eigenvalue weighted by Crippen LogP contribution is 2.36. The van der Waals surface area contributed by atoms with Crippen molar-refractivity contribution in [2.45, 2.75) is 11.5 Å². The molecular weight excluding hydrogens is 241 g/mol. The third-order valence-corrected chi connectivity index (χ3v) is 2.75. The molecule has 0 nitrogen and oxygen atoms in total. The van der Waals surface area contributed by atoms with Crippen molar-refractivity contribution in [1.82, 2.24) is 0 Å². The number of thiophene rings is 1. The summed E-state index contributed by atoms with van der Waals surface area (Å²) in [5, 5.41) is 1.70. The summed E-state index contributed by atoms with van der Waals surface area (Å²) in [5.74, 6) is 0. The maximum atomic E-state index is 12.1. The zero-order valence-corrected chi connectivity index (χ0v) is 7.68. The van der Waals surface area contributed by atoms with Crippen LogP contribution in [0.4, 0.5) is 13.2 Å². The van der Waals surface area contributed by atoms with E-state index in [2.05, 4.69) is 15.9 Å². The van der Waals surface area contributed by atoms with E-state index in [1.54, 1.807) is 0 Å². The largest absolute Gasteiger partial charge is 0.425 e. The first kappa shape index (κ1) is 9.06. The predicted octanol–water partition coefficient (Wildman–Crippen LogP) is 3.66. The molecule has 0 unspecified atom stereocenters. The molecule has 62 valence electrons. The van der Waals surface area contributed by atoms with Gasteiger partial charge in [-0.05, 0) is 17.0 Å². The summed E-state index contributed by atoms with van der Waals surface area (Å²) in [6, 6.07) is 1.47. The summed E-state index contributed by atoms with van der Waals surface area (Å²) >= 11 is 3.71. The molecule has 0 aromatic carbocycles. The maximum absolute atomic E-state index is 12.1. The van der Waals surface area contributed by atoms with E-state index in [0.717, 1.165) is 11.3 Å². The quantitative estimate of drug-likeness (QED) is 0.662. The van der Waals surface area contributed by atoms with Crippen LogP contribution in [0.2, 0.25) is 0 Å². The van der Waals surface area contributed by atoms with Gasteiger partial charge in [-0.3, -0.25) is 0 Å². The first-order valence-corrected chi connectivity index (χ1v) is 4.75. The maximum Gasteiger partial charge on any atom is 0.425 e. The molecular formula is C6H4BrF3S. The predicted molar refractivity (Wildman–Crippen MR) is 42.0 cm³/mol. The second-order valence-electron chi connectivity index (χ2n) is 1.91. The lowest BCUT2D eigenvalue weighted by molar-refractivity contribution is -0.134. The lowest BCUT2D eigenvalue weighted by Crippen LogP contribution is -2.04. The fourth-order valence-corrected chi connectivity index (χ4v) is 2.14. The molecule has 1 aromatic rings. The minimum Gasteiger partial charge on any atom is -0.165 e. The minimum atomic E-state index is -4.20. The Kier molecular flexibility index (Phi) is 2.59. The van der Waals surface area contributed by atoms with Crippen LogP contribution in [0, 0.1) is 0 Å². The monoisotopic (exact) mass is 244 g/mol. The Morgan fingerprint density at radius 3 is 2.45 bits per heavy atom. The van der Waals surface area contributed by atoms with Crippen molar-refractivity contribution in [1.29, 1.82) is 0 Å². The van der Waals surface area contributed by atoms with Crippen molar-refractivity contribution in [2.24, 2.45) is 0 Å². The molecule has 0 atom stereocenters. The van der Waals surface area contributed by atoms with E-state index >= 15 is 0 Å². The van der Waals surface area contributed by atoms with E-state index in [0.29, 0.717) is 5.56 Å². The molecule has 0 aliphatic rings. The van der Waals surface area contributed by atoms with Crippen LogP contribution in [-0.2, 0) is 11.5 Å². The van der Waals surface area contributed by atoms with Crippen LogP contribution in [0.25, 0.3) is 0 Å². The summed E-state index contributed by atoms with van der Waals surface area (Å²) in [4.78, 5) is -0.505. The fourth-order valence-electron chi connectivity index (χ4n) is 0.690. The molecule has 0 aliphatic heterocycles. The average Bonchev–Trinajstić information content (AvgIpc) is 2.31. The summed E-state index contributed by atoms with van der Waals surface area (Å²) < 4.78 is 36.2. The van der Waals surface area contributed by atoms with Crippen molar-refractivity contribution < 1.29 is 13.2 Å². The summed E-state index contributed by atoms with van der Waals surface area (Å²) in [5.41, 5.74) is 0.308. The van der Waals surface area contributed by atoms with Gasteiger partial charge in [-0.15, -0.1) is 11.3 Å². The normalized spacial score (nSPS) is 12.0. The van der Waals surface area contributed by atoms with Crippen LogP contribution in [0.15, 0.2) is 11.4 Å². The van der Waals surface area contributed by atoms with E-state index in [-0.39, 0.29) is 5.33 Å². The van der Waals surface area contributed by atoms with Crippen molar-refractivity contribution in [2.75, 3.05) is 0 Å². The van der Waals surface area contributed by atoms with E-state index < -0.39 is 11.1 Å². The van der Waals surface area contributed by atoms with Gasteiger partial charge in [-0.1, -0.05) is 15.9 Å². The molecule has 0 bridgehead atoms. The van der Waals surface area contributed by atoms with E-state index in [1.807, 2.05) is 0 Å². The van der Waals surface area contributed by atoms with Gasteiger partial charge >= 0.3 is 6.18 Å². The molecule has 0 spiro atoms. The Bertz CT molecular complexity index is 240. The number of rotatable bonds is 1. The lowest BCUT2D eigenvalue weighted by Gasteiger charge is -2.04. The van der Waals surface area contributed by atoms with Gasteiger partial charge in [0, 0.05) is 5.33 Å². The van der Waals surface area contributed by atoms with E-state index in [1.165, 1.54) is 11.4 Å². The zero-order chi connectivity index (χ0) is 8.48. The summed E-state index contributed by atoms with van der Waals surface area (Å²) in [7, 11) is 0. The van der Waals surface area contributed by atoms with Gasteiger partial charge < -0.3 is 0 Å². The van der Waals surface area contributed by atoms with Crippen molar-refractivity contribution in [3.05, 3.63) is 21.9 Å². The van der Waals surface area contributed by atoms with Crippen LogP contribution in [0.5, 0.6) is 0 Å². The van der Waals surface area contributed by atoms with Gasteiger partial charge in [-0.25, -0.2) is 0 Å². The molecule has 11 heavy (non-hydrogen) atoms. The highest BCUT2D eigenvalue weighted by atomic mass is 79.9. The number of hydrogen-bond donors (Lipinski definition) is 0. The lowest BCUT2D eigenvalue weighted by atomic mass is 10.3. The summed E-state index contributed by atoms with van der Waals surface area (Å²) in [6.07, 6.45) is -4.20. The topological polar surface area (TPSA) is 0 Å². The Balaban J connectivity index is 3.02. The second-order valence-corrected chi connectivity index (χ2v) is 3.38. The molecule has 0 aliphatic carbocycles. The molecule has 1 heterocycles. The number of alkyl halides is 4. The molecule has 0 saturated carbocycles. The molecule has 1 rings (SSSR count). The average molecular weight is 245 g/mol. The standard InChI is InChI=1S/C6H4BrF3S/c7-3-4-1-2-11-5(4)6(8,9)10/h1-2H,3H2.